The van der Waals surface area contributed by atoms with Crippen LogP contribution in [0.2, 0.25) is 0 Å². The van der Waals surface area contributed by atoms with E-state index in [2.05, 4.69) is 10.6 Å². The summed E-state index contributed by atoms with van der Waals surface area (Å²) < 4.78 is 0. The molecule has 2 aromatic carbocycles. The predicted molar refractivity (Wildman–Crippen MR) is 96.9 cm³/mol. The zero-order chi connectivity index (χ0) is 17.5. The van der Waals surface area contributed by atoms with E-state index in [0.717, 1.165) is 10.5 Å². The molecule has 2 N–H and O–H groups in total. The molecule has 0 unspecified atom stereocenters. The largest absolute Gasteiger partial charge is 0.378 e. The molecule has 2 rings (SSSR count). The Morgan fingerprint density at radius 3 is 2.67 bits per heavy atom. The van der Waals surface area contributed by atoms with Gasteiger partial charge < -0.3 is 10.6 Å². The first-order chi connectivity index (χ1) is 11.5. The molecule has 0 heterocycles. The number of carbonyl (C=O) groups is 1. The molecule has 1 amide bonds. The van der Waals surface area contributed by atoms with E-state index in [0.29, 0.717) is 24.3 Å². The Hall–Kier alpha value is -2.54. The molecule has 0 aliphatic heterocycles. The maximum atomic E-state index is 12.3. The van der Waals surface area contributed by atoms with Crippen molar-refractivity contribution in [1.82, 2.24) is 5.32 Å². The molecule has 0 aliphatic rings. The minimum atomic E-state index is -0.432. The van der Waals surface area contributed by atoms with Gasteiger partial charge in [0.05, 0.1) is 4.92 Å². The number of nitrogens with zero attached hydrogens (tertiary/aromatic N) is 1. The second-order valence-electron chi connectivity index (χ2n) is 5.14. The Balaban J connectivity index is 1.91. The van der Waals surface area contributed by atoms with Crippen LogP contribution >= 0.6 is 11.8 Å². The molecule has 0 aliphatic carbocycles. The van der Waals surface area contributed by atoms with Gasteiger partial charge in [-0.05, 0) is 36.9 Å². The fourth-order valence-corrected chi connectivity index (χ4v) is 2.66. The van der Waals surface area contributed by atoms with Crippen LogP contribution in [0.1, 0.15) is 15.9 Å². The van der Waals surface area contributed by atoms with Gasteiger partial charge in [-0.3, -0.25) is 14.9 Å². The molecule has 6 nitrogen and oxygen atoms in total. The third-order valence-electron chi connectivity index (χ3n) is 3.52. The van der Waals surface area contributed by atoms with Crippen LogP contribution in [0.4, 0.5) is 11.4 Å². The Kier molecular flexibility index (Phi) is 6.20. The van der Waals surface area contributed by atoms with Crippen LogP contribution in [-0.4, -0.2) is 30.2 Å². The highest BCUT2D eigenvalue weighted by Crippen LogP contribution is 2.22. The summed E-state index contributed by atoms with van der Waals surface area (Å²) in [7, 11) is 0. The molecular formula is C17H19N3O3S. The number of nitrogens with one attached hydrogen (secondary N) is 2. The van der Waals surface area contributed by atoms with E-state index in [-0.39, 0.29) is 11.6 Å². The molecule has 0 saturated carbocycles. The van der Waals surface area contributed by atoms with Gasteiger partial charge in [0, 0.05) is 29.6 Å². The van der Waals surface area contributed by atoms with Gasteiger partial charge in [0.2, 0.25) is 0 Å². The van der Waals surface area contributed by atoms with Gasteiger partial charge in [-0.2, -0.15) is 0 Å². The van der Waals surface area contributed by atoms with Crippen molar-refractivity contribution in [3.8, 4) is 0 Å². The van der Waals surface area contributed by atoms with Crippen molar-refractivity contribution in [2.24, 2.45) is 0 Å². The monoisotopic (exact) mass is 345 g/mol. The third-order valence-corrected chi connectivity index (χ3v) is 4.24. The number of hydrogen-bond acceptors (Lipinski definition) is 5. The smallest absolute Gasteiger partial charge is 0.292 e. The van der Waals surface area contributed by atoms with Crippen LogP contribution in [0.5, 0.6) is 0 Å². The van der Waals surface area contributed by atoms with Gasteiger partial charge in [0.1, 0.15) is 5.69 Å². The molecule has 126 valence electrons. The summed E-state index contributed by atoms with van der Waals surface area (Å²) in [6, 6.07) is 12.2. The van der Waals surface area contributed by atoms with Crippen LogP contribution in [-0.2, 0) is 0 Å². The van der Waals surface area contributed by atoms with Crippen molar-refractivity contribution < 1.29 is 9.72 Å². The van der Waals surface area contributed by atoms with Crippen molar-refractivity contribution in [2.75, 3.05) is 24.7 Å². The van der Waals surface area contributed by atoms with Crippen molar-refractivity contribution in [1.29, 1.82) is 0 Å². The normalized spacial score (nSPS) is 10.2. The summed E-state index contributed by atoms with van der Waals surface area (Å²) in [5.74, 6) is -0.146. The number of nitro benzene ring substituents is 1. The molecule has 0 atom stereocenters. The number of rotatable bonds is 7. The zero-order valence-electron chi connectivity index (χ0n) is 13.5. The Morgan fingerprint density at radius 1 is 1.21 bits per heavy atom. The topological polar surface area (TPSA) is 84.3 Å². The van der Waals surface area contributed by atoms with Crippen LogP contribution in [0, 0.1) is 17.0 Å². The first kappa shape index (κ1) is 17.8. The SMILES string of the molecule is CSc1ccc(C)c(C(=O)NCCNc2ccccc2[N+](=O)[O-])c1. The fraction of sp³-hybridized carbons (Fsp3) is 0.235. The maximum absolute atomic E-state index is 12.3. The Labute approximate surface area is 144 Å². The third kappa shape index (κ3) is 4.48. The second kappa shape index (κ2) is 8.35. The average Bonchev–Trinajstić information content (AvgIpc) is 2.59. The molecule has 0 fully saturated rings. The van der Waals surface area contributed by atoms with Crippen LogP contribution in [0.3, 0.4) is 0 Å². The molecule has 0 spiro atoms. The minimum absolute atomic E-state index is 0.0207. The zero-order valence-corrected chi connectivity index (χ0v) is 14.4. The van der Waals surface area contributed by atoms with E-state index in [1.165, 1.54) is 6.07 Å². The van der Waals surface area contributed by atoms with Crippen molar-refractivity contribution in [3.63, 3.8) is 0 Å². The number of amides is 1. The second-order valence-corrected chi connectivity index (χ2v) is 6.02. The van der Waals surface area contributed by atoms with Gasteiger partial charge in [0.25, 0.3) is 11.6 Å². The number of thioether (sulfide) groups is 1. The summed E-state index contributed by atoms with van der Waals surface area (Å²) in [6.07, 6.45) is 1.96. The van der Waals surface area contributed by atoms with Crippen molar-refractivity contribution >= 4 is 29.0 Å². The highest BCUT2D eigenvalue weighted by atomic mass is 32.2. The summed E-state index contributed by atoms with van der Waals surface area (Å²) >= 11 is 1.58. The number of carbonyl (C=O) groups excluding carboxylic acids is 1. The number of benzene rings is 2. The molecule has 2 aromatic rings. The number of aryl methyl sites for hydroxylation is 1. The van der Waals surface area contributed by atoms with E-state index < -0.39 is 4.92 Å². The molecule has 0 saturated heterocycles. The lowest BCUT2D eigenvalue weighted by Crippen LogP contribution is -2.29. The predicted octanol–water partition coefficient (Wildman–Crippen LogP) is 3.47. The lowest BCUT2D eigenvalue weighted by molar-refractivity contribution is -0.384. The number of anilines is 1. The van der Waals surface area contributed by atoms with E-state index in [1.54, 1.807) is 30.0 Å². The summed E-state index contributed by atoms with van der Waals surface area (Å²) in [6.45, 7) is 2.66. The van der Waals surface area contributed by atoms with E-state index >= 15 is 0 Å². The van der Waals surface area contributed by atoms with Gasteiger partial charge >= 0.3 is 0 Å². The highest BCUT2D eigenvalue weighted by molar-refractivity contribution is 7.98. The van der Waals surface area contributed by atoms with Crippen molar-refractivity contribution in [3.05, 3.63) is 63.7 Å². The molecule has 0 radical (unpaired) electrons. The molecule has 0 bridgehead atoms. The van der Waals surface area contributed by atoms with E-state index in [9.17, 15) is 14.9 Å². The summed E-state index contributed by atoms with van der Waals surface area (Å²) in [5.41, 5.74) is 2.02. The number of nitro groups is 1. The Morgan fingerprint density at radius 2 is 1.96 bits per heavy atom. The number of hydrogen-bond donors (Lipinski definition) is 2. The average molecular weight is 345 g/mol. The lowest BCUT2D eigenvalue weighted by atomic mass is 10.1. The van der Waals surface area contributed by atoms with Gasteiger partial charge in [0.15, 0.2) is 0 Å². The standard InChI is InChI=1S/C17H19N3O3S/c1-12-7-8-13(24-2)11-14(12)17(21)19-10-9-18-15-5-3-4-6-16(15)20(22)23/h3-8,11,18H,9-10H2,1-2H3,(H,19,21). The van der Waals surface area contributed by atoms with Crippen LogP contribution in [0.25, 0.3) is 0 Å². The van der Waals surface area contributed by atoms with E-state index in [1.807, 2.05) is 31.4 Å². The van der Waals surface area contributed by atoms with Crippen LogP contribution in [0.15, 0.2) is 47.4 Å². The molecular weight excluding hydrogens is 326 g/mol. The van der Waals surface area contributed by atoms with Crippen molar-refractivity contribution in [2.45, 2.75) is 11.8 Å². The van der Waals surface area contributed by atoms with Gasteiger partial charge in [-0.15, -0.1) is 11.8 Å². The molecule has 0 aromatic heterocycles. The quantitative estimate of drug-likeness (QED) is 0.347. The fourth-order valence-electron chi connectivity index (χ4n) is 2.22. The summed E-state index contributed by atoms with van der Waals surface area (Å²) in [5, 5.41) is 16.7. The first-order valence-electron chi connectivity index (χ1n) is 7.43. The number of para-hydroxylation sites is 2. The maximum Gasteiger partial charge on any atom is 0.292 e. The van der Waals surface area contributed by atoms with Gasteiger partial charge in [-0.1, -0.05) is 18.2 Å². The molecule has 7 heteroatoms. The minimum Gasteiger partial charge on any atom is -0.378 e. The molecule has 24 heavy (non-hydrogen) atoms. The summed E-state index contributed by atoms with van der Waals surface area (Å²) in [4.78, 5) is 23.8. The van der Waals surface area contributed by atoms with Gasteiger partial charge in [-0.25, -0.2) is 0 Å². The Bertz CT molecular complexity index is 750. The first-order valence-corrected chi connectivity index (χ1v) is 8.65. The van der Waals surface area contributed by atoms with Crippen LogP contribution < -0.4 is 10.6 Å². The van der Waals surface area contributed by atoms with E-state index in [4.69, 9.17) is 0 Å². The highest BCUT2D eigenvalue weighted by Gasteiger charge is 2.12. The lowest BCUT2D eigenvalue weighted by Gasteiger charge is -2.10.